The van der Waals surface area contributed by atoms with Crippen molar-refractivity contribution in [3.8, 4) is 11.6 Å². The van der Waals surface area contributed by atoms with Gasteiger partial charge in [-0.25, -0.2) is 9.37 Å². The molecule has 108 valence electrons. The molecule has 0 fully saturated rings. The molecule has 2 N–H and O–H groups in total. The van der Waals surface area contributed by atoms with Crippen LogP contribution in [0, 0.1) is 5.82 Å². The molecule has 1 aromatic carbocycles. The van der Waals surface area contributed by atoms with E-state index in [0.717, 1.165) is 17.0 Å². The molecule has 0 amide bonds. The molecular formula is C14H13FN4OS. The third-order valence-corrected chi connectivity index (χ3v) is 3.78. The fourth-order valence-electron chi connectivity index (χ4n) is 1.86. The number of rotatable bonds is 5. The monoisotopic (exact) mass is 304 g/mol. The minimum absolute atomic E-state index is 0.262. The molecule has 0 unspecified atom stereocenters. The van der Waals surface area contributed by atoms with Crippen molar-refractivity contribution in [3.63, 3.8) is 0 Å². The highest BCUT2D eigenvalue weighted by Gasteiger charge is 2.12. The SMILES string of the molecule is NCCc1nc(-c2nc(Cc3ccc(F)cc3)no2)cs1. The summed E-state index contributed by atoms with van der Waals surface area (Å²) in [5, 5.41) is 6.75. The average molecular weight is 304 g/mol. The Bertz CT molecular complexity index is 723. The van der Waals surface area contributed by atoms with Gasteiger partial charge in [-0.2, -0.15) is 4.98 Å². The van der Waals surface area contributed by atoms with Gasteiger partial charge < -0.3 is 10.3 Å². The van der Waals surface area contributed by atoms with Crippen LogP contribution in [0.15, 0.2) is 34.2 Å². The van der Waals surface area contributed by atoms with E-state index < -0.39 is 0 Å². The van der Waals surface area contributed by atoms with Crippen LogP contribution in [0.3, 0.4) is 0 Å². The van der Waals surface area contributed by atoms with E-state index in [0.29, 0.717) is 30.4 Å². The van der Waals surface area contributed by atoms with Gasteiger partial charge in [-0.05, 0) is 24.2 Å². The molecule has 0 radical (unpaired) electrons. The van der Waals surface area contributed by atoms with Crippen LogP contribution >= 0.6 is 11.3 Å². The lowest BCUT2D eigenvalue weighted by Crippen LogP contribution is -2.01. The lowest BCUT2D eigenvalue weighted by molar-refractivity contribution is 0.423. The van der Waals surface area contributed by atoms with Crippen molar-refractivity contribution >= 4 is 11.3 Å². The fourth-order valence-corrected chi connectivity index (χ4v) is 2.65. The zero-order valence-electron chi connectivity index (χ0n) is 11.1. The topological polar surface area (TPSA) is 77.8 Å². The van der Waals surface area contributed by atoms with Gasteiger partial charge in [-0.3, -0.25) is 0 Å². The van der Waals surface area contributed by atoms with E-state index in [1.54, 1.807) is 12.1 Å². The van der Waals surface area contributed by atoms with Crippen LogP contribution in [0.5, 0.6) is 0 Å². The van der Waals surface area contributed by atoms with Crippen molar-refractivity contribution in [2.75, 3.05) is 6.54 Å². The molecule has 5 nitrogen and oxygen atoms in total. The molecule has 3 aromatic rings. The van der Waals surface area contributed by atoms with Crippen molar-refractivity contribution in [2.24, 2.45) is 5.73 Å². The Hall–Kier alpha value is -2.12. The second-order valence-electron chi connectivity index (χ2n) is 4.48. The lowest BCUT2D eigenvalue weighted by Gasteiger charge is -1.95. The van der Waals surface area contributed by atoms with Crippen LogP contribution in [0.25, 0.3) is 11.6 Å². The zero-order valence-corrected chi connectivity index (χ0v) is 11.9. The number of thiazole rings is 1. The molecule has 7 heteroatoms. The first-order valence-electron chi connectivity index (χ1n) is 6.46. The van der Waals surface area contributed by atoms with Crippen LogP contribution in [-0.4, -0.2) is 21.7 Å². The second kappa shape index (κ2) is 6.11. The third kappa shape index (κ3) is 3.32. The molecule has 0 saturated carbocycles. The minimum Gasteiger partial charge on any atom is -0.332 e. The Labute approximate surface area is 124 Å². The van der Waals surface area contributed by atoms with Gasteiger partial charge in [0.2, 0.25) is 0 Å². The van der Waals surface area contributed by atoms with Gasteiger partial charge in [0.15, 0.2) is 5.82 Å². The van der Waals surface area contributed by atoms with Gasteiger partial charge in [0.05, 0.1) is 5.01 Å². The maximum absolute atomic E-state index is 12.9. The Morgan fingerprint density at radius 3 is 2.76 bits per heavy atom. The summed E-state index contributed by atoms with van der Waals surface area (Å²) in [6.45, 7) is 0.562. The molecular weight excluding hydrogens is 291 g/mol. The molecule has 2 heterocycles. The van der Waals surface area contributed by atoms with E-state index in [9.17, 15) is 4.39 Å². The van der Waals surface area contributed by atoms with Crippen LogP contribution in [0.1, 0.15) is 16.4 Å². The fraction of sp³-hybridized carbons (Fsp3) is 0.214. The highest BCUT2D eigenvalue weighted by atomic mass is 32.1. The highest BCUT2D eigenvalue weighted by molar-refractivity contribution is 7.09. The van der Waals surface area contributed by atoms with Crippen LogP contribution in [-0.2, 0) is 12.8 Å². The molecule has 3 rings (SSSR count). The number of halogens is 1. The van der Waals surface area contributed by atoms with Crippen molar-refractivity contribution in [2.45, 2.75) is 12.8 Å². The highest BCUT2D eigenvalue weighted by Crippen LogP contribution is 2.21. The molecule has 0 atom stereocenters. The molecule has 0 aliphatic rings. The molecule has 21 heavy (non-hydrogen) atoms. The summed E-state index contributed by atoms with van der Waals surface area (Å²) < 4.78 is 18.1. The quantitative estimate of drug-likeness (QED) is 0.783. The van der Waals surface area contributed by atoms with Gasteiger partial charge in [-0.1, -0.05) is 17.3 Å². The predicted molar refractivity (Wildman–Crippen MR) is 77.4 cm³/mol. The number of aromatic nitrogens is 3. The minimum atomic E-state index is -0.262. The number of hydrogen-bond acceptors (Lipinski definition) is 6. The summed E-state index contributed by atoms with van der Waals surface area (Å²) in [5.41, 5.74) is 7.09. The second-order valence-corrected chi connectivity index (χ2v) is 5.43. The summed E-state index contributed by atoms with van der Waals surface area (Å²) in [6, 6.07) is 6.23. The van der Waals surface area contributed by atoms with E-state index in [1.807, 2.05) is 5.38 Å². The summed E-state index contributed by atoms with van der Waals surface area (Å²) >= 11 is 1.52. The normalized spacial score (nSPS) is 11.0. The molecule has 0 saturated heterocycles. The molecule has 2 aromatic heterocycles. The summed E-state index contributed by atoms with van der Waals surface area (Å²) in [4.78, 5) is 8.71. The maximum atomic E-state index is 12.9. The average Bonchev–Trinajstić information content (AvgIpc) is 3.11. The third-order valence-electron chi connectivity index (χ3n) is 2.87. The number of nitrogens with zero attached hydrogens (tertiary/aromatic N) is 3. The maximum Gasteiger partial charge on any atom is 0.277 e. The van der Waals surface area contributed by atoms with Gasteiger partial charge in [-0.15, -0.1) is 11.3 Å². The van der Waals surface area contributed by atoms with Crippen molar-refractivity contribution < 1.29 is 8.91 Å². The first-order valence-corrected chi connectivity index (χ1v) is 7.34. The summed E-state index contributed by atoms with van der Waals surface area (Å²) in [5.74, 6) is 0.680. The Kier molecular flexibility index (Phi) is 4.03. The largest absolute Gasteiger partial charge is 0.332 e. The Morgan fingerprint density at radius 2 is 2.00 bits per heavy atom. The first-order chi connectivity index (χ1) is 10.2. The van der Waals surface area contributed by atoms with E-state index in [2.05, 4.69) is 15.1 Å². The predicted octanol–water partition coefficient (Wildman–Crippen LogP) is 2.42. The van der Waals surface area contributed by atoms with Crippen LogP contribution < -0.4 is 5.73 Å². The van der Waals surface area contributed by atoms with E-state index in [1.165, 1.54) is 23.5 Å². The van der Waals surface area contributed by atoms with E-state index in [-0.39, 0.29) is 5.82 Å². The zero-order chi connectivity index (χ0) is 14.7. The van der Waals surface area contributed by atoms with Crippen LogP contribution in [0.4, 0.5) is 4.39 Å². The van der Waals surface area contributed by atoms with Gasteiger partial charge in [0, 0.05) is 18.2 Å². The molecule has 0 aliphatic heterocycles. The van der Waals surface area contributed by atoms with E-state index in [4.69, 9.17) is 10.3 Å². The Balaban J connectivity index is 1.74. The smallest absolute Gasteiger partial charge is 0.277 e. The van der Waals surface area contributed by atoms with Gasteiger partial charge in [0.1, 0.15) is 11.5 Å². The van der Waals surface area contributed by atoms with Gasteiger partial charge in [0.25, 0.3) is 5.89 Å². The lowest BCUT2D eigenvalue weighted by atomic mass is 10.1. The van der Waals surface area contributed by atoms with Crippen molar-refractivity contribution in [1.82, 2.24) is 15.1 Å². The molecule has 0 bridgehead atoms. The summed E-state index contributed by atoms with van der Waals surface area (Å²) in [6.07, 6.45) is 1.23. The standard InChI is InChI=1S/C14H13FN4OS/c15-10-3-1-9(2-4-10)7-12-18-14(20-19-12)11-8-21-13(17-11)5-6-16/h1-4,8H,5-7,16H2. The Morgan fingerprint density at radius 1 is 1.19 bits per heavy atom. The van der Waals surface area contributed by atoms with Crippen molar-refractivity contribution in [1.29, 1.82) is 0 Å². The van der Waals surface area contributed by atoms with Crippen LogP contribution in [0.2, 0.25) is 0 Å². The van der Waals surface area contributed by atoms with Crippen molar-refractivity contribution in [3.05, 3.63) is 51.9 Å². The number of nitrogens with two attached hydrogens (primary N) is 1. The molecule has 0 aliphatic carbocycles. The summed E-state index contributed by atoms with van der Waals surface area (Å²) in [7, 11) is 0. The number of hydrogen-bond donors (Lipinski definition) is 1. The van der Waals surface area contributed by atoms with Gasteiger partial charge >= 0.3 is 0 Å². The number of benzene rings is 1. The molecule has 0 spiro atoms. The van der Waals surface area contributed by atoms with E-state index >= 15 is 0 Å². The first kappa shape index (κ1) is 13.8.